The summed E-state index contributed by atoms with van der Waals surface area (Å²) in [4.78, 5) is 4.58. The summed E-state index contributed by atoms with van der Waals surface area (Å²) >= 11 is 0. The van der Waals surface area contributed by atoms with Crippen LogP contribution in [0.4, 0.5) is 0 Å². The number of ether oxygens (including phenoxy) is 1. The molecule has 0 radical (unpaired) electrons. The fraction of sp³-hybridized carbons (Fsp3) is 0.615. The van der Waals surface area contributed by atoms with E-state index in [1.807, 2.05) is 6.92 Å². The molecule has 17 heavy (non-hydrogen) atoms. The zero-order valence-corrected chi connectivity index (χ0v) is 12.4. The van der Waals surface area contributed by atoms with Crippen LogP contribution in [-0.2, 0) is 0 Å². The number of oxazole rings is 1. The molecule has 1 aromatic rings. The van der Waals surface area contributed by atoms with E-state index in [9.17, 15) is 0 Å². The first-order valence-corrected chi connectivity index (χ1v) is 9.06. The van der Waals surface area contributed by atoms with Gasteiger partial charge >= 0.3 is 5.95 Å². The molecule has 96 valence electrons. The average Bonchev–Trinajstić information content (AvgIpc) is 2.77. The minimum absolute atomic E-state index is 0.579. The van der Waals surface area contributed by atoms with Crippen LogP contribution in [0.15, 0.2) is 11.0 Å². The molecule has 0 saturated heterocycles. The Labute approximate surface area is 105 Å². The number of hydrogen-bond donors (Lipinski definition) is 0. The van der Waals surface area contributed by atoms with Crippen molar-refractivity contribution in [3.05, 3.63) is 12.5 Å². The van der Waals surface area contributed by atoms with Crippen molar-refractivity contribution in [2.75, 3.05) is 6.61 Å². The van der Waals surface area contributed by atoms with Crippen LogP contribution in [0.3, 0.4) is 0 Å². The molecule has 4 heteroatoms. The largest absolute Gasteiger partial charge is 0.464 e. The zero-order valence-electron chi connectivity index (χ0n) is 11.4. The molecule has 0 aliphatic carbocycles. The highest BCUT2D eigenvalue weighted by Crippen LogP contribution is 2.25. The van der Waals surface area contributed by atoms with Gasteiger partial charge in [0.25, 0.3) is 0 Å². The summed E-state index contributed by atoms with van der Waals surface area (Å²) in [6.45, 7) is 13.0. The second-order valence-corrected chi connectivity index (χ2v) is 9.32. The van der Waals surface area contributed by atoms with Crippen LogP contribution in [-0.4, -0.2) is 19.7 Å². The summed E-state index contributed by atoms with van der Waals surface area (Å²) in [7, 11) is -1.55. The Kier molecular flexibility index (Phi) is 4.99. The zero-order chi connectivity index (χ0) is 12.9. The van der Waals surface area contributed by atoms with E-state index in [2.05, 4.69) is 32.3 Å². The van der Waals surface area contributed by atoms with Crippen molar-refractivity contribution < 1.29 is 9.15 Å². The number of nitrogens with zero attached hydrogens (tertiary/aromatic N) is 1. The van der Waals surface area contributed by atoms with Crippen LogP contribution in [0.25, 0.3) is 6.08 Å². The summed E-state index contributed by atoms with van der Waals surface area (Å²) in [5, 5.41) is 1.08. The molecule has 3 nitrogen and oxygen atoms in total. The van der Waals surface area contributed by atoms with E-state index in [1.54, 1.807) is 6.08 Å². The molecule has 1 rings (SSSR count). The molecule has 1 heterocycles. The van der Waals surface area contributed by atoms with Crippen molar-refractivity contribution >= 4 is 19.5 Å². The smallest absolute Gasteiger partial charge is 0.303 e. The summed E-state index contributed by atoms with van der Waals surface area (Å²) in [5.74, 6) is 1.20. The van der Waals surface area contributed by atoms with E-state index in [4.69, 9.17) is 9.15 Å². The lowest BCUT2D eigenvalue weighted by atomic mass is 10.6. The molecule has 1 aromatic heterocycles. The van der Waals surface area contributed by atoms with Gasteiger partial charge in [0, 0.05) is 0 Å². The van der Waals surface area contributed by atoms with Crippen molar-refractivity contribution in [3.8, 4) is 5.95 Å². The van der Waals surface area contributed by atoms with Crippen LogP contribution in [0.5, 0.6) is 5.95 Å². The standard InChI is InChI=1S/C13H23NO2Si/c1-6-11-14-12(13(16-11)15-7-2)17(8-3,9-4)10-5/h6H,1,7-10H2,2-5H3. The second-order valence-electron chi connectivity index (χ2n) is 4.17. The van der Waals surface area contributed by atoms with Gasteiger partial charge in [0.05, 0.1) is 6.61 Å². The van der Waals surface area contributed by atoms with E-state index in [-0.39, 0.29) is 0 Å². The lowest BCUT2D eigenvalue weighted by molar-refractivity contribution is 0.258. The van der Waals surface area contributed by atoms with Gasteiger partial charge in [0.15, 0.2) is 0 Å². The van der Waals surface area contributed by atoms with Gasteiger partial charge in [-0.15, -0.1) is 0 Å². The topological polar surface area (TPSA) is 35.3 Å². The predicted octanol–water partition coefficient (Wildman–Crippen LogP) is 3.43. The molecule has 0 spiro atoms. The van der Waals surface area contributed by atoms with Crippen molar-refractivity contribution in [2.24, 2.45) is 0 Å². The van der Waals surface area contributed by atoms with E-state index in [0.29, 0.717) is 18.4 Å². The normalized spacial score (nSPS) is 11.5. The Balaban J connectivity index is 3.24. The maximum atomic E-state index is 5.60. The lowest BCUT2D eigenvalue weighted by Gasteiger charge is -2.25. The number of rotatable bonds is 7. The number of aromatic nitrogens is 1. The number of hydrogen-bond acceptors (Lipinski definition) is 3. The van der Waals surface area contributed by atoms with E-state index in [0.717, 1.165) is 5.32 Å². The molecule has 0 atom stereocenters. The SMILES string of the molecule is C=Cc1nc([Si](CC)(CC)CC)c(OCC)o1. The van der Waals surface area contributed by atoms with Crippen LogP contribution in [0, 0.1) is 0 Å². The Hall–Kier alpha value is -1.03. The molecule has 0 N–H and O–H groups in total. The van der Waals surface area contributed by atoms with Crippen LogP contribution >= 0.6 is 0 Å². The third-order valence-electron chi connectivity index (χ3n) is 3.60. The van der Waals surface area contributed by atoms with Crippen LogP contribution in [0.1, 0.15) is 33.6 Å². The first-order chi connectivity index (χ1) is 8.17. The average molecular weight is 253 g/mol. The quantitative estimate of drug-likeness (QED) is 0.698. The summed E-state index contributed by atoms with van der Waals surface area (Å²) < 4.78 is 11.2. The first kappa shape index (κ1) is 14.0. The van der Waals surface area contributed by atoms with Crippen molar-refractivity contribution in [3.63, 3.8) is 0 Å². The van der Waals surface area contributed by atoms with Crippen molar-refractivity contribution in [2.45, 2.75) is 45.8 Å². The molecular formula is C13H23NO2Si. The second kappa shape index (κ2) is 6.05. The monoisotopic (exact) mass is 253 g/mol. The Morgan fingerprint density at radius 2 is 1.82 bits per heavy atom. The van der Waals surface area contributed by atoms with Crippen molar-refractivity contribution in [1.29, 1.82) is 0 Å². The van der Waals surface area contributed by atoms with Crippen molar-refractivity contribution in [1.82, 2.24) is 4.98 Å². The highest BCUT2D eigenvalue weighted by atomic mass is 28.3. The lowest BCUT2D eigenvalue weighted by Crippen LogP contribution is -2.47. The maximum Gasteiger partial charge on any atom is 0.303 e. The van der Waals surface area contributed by atoms with Gasteiger partial charge in [-0.2, -0.15) is 0 Å². The molecule has 0 fully saturated rings. The third kappa shape index (κ3) is 2.62. The molecule has 0 aliphatic heterocycles. The predicted molar refractivity (Wildman–Crippen MR) is 74.6 cm³/mol. The minimum Gasteiger partial charge on any atom is -0.464 e. The van der Waals surface area contributed by atoms with Gasteiger partial charge < -0.3 is 9.15 Å². The molecule has 0 amide bonds. The van der Waals surface area contributed by atoms with Gasteiger partial charge in [-0.25, -0.2) is 4.98 Å². The van der Waals surface area contributed by atoms with Crippen LogP contribution < -0.4 is 10.1 Å². The molecule has 0 bridgehead atoms. The van der Waals surface area contributed by atoms with Gasteiger partial charge in [0.2, 0.25) is 5.89 Å². The molecule has 0 saturated carbocycles. The van der Waals surface area contributed by atoms with E-state index < -0.39 is 8.07 Å². The van der Waals surface area contributed by atoms with Crippen LogP contribution in [0.2, 0.25) is 18.1 Å². The van der Waals surface area contributed by atoms with E-state index in [1.165, 1.54) is 18.1 Å². The highest BCUT2D eigenvalue weighted by molar-refractivity contribution is 6.91. The summed E-state index contributed by atoms with van der Waals surface area (Å²) in [5.41, 5.74) is 0. The summed E-state index contributed by atoms with van der Waals surface area (Å²) in [6.07, 6.45) is 1.64. The van der Waals surface area contributed by atoms with Gasteiger partial charge in [-0.3, -0.25) is 0 Å². The maximum absolute atomic E-state index is 5.60. The summed E-state index contributed by atoms with van der Waals surface area (Å²) in [6, 6.07) is 3.51. The fourth-order valence-corrected chi connectivity index (χ4v) is 5.63. The van der Waals surface area contributed by atoms with Gasteiger partial charge in [-0.05, 0) is 13.0 Å². The van der Waals surface area contributed by atoms with E-state index >= 15 is 0 Å². The Morgan fingerprint density at radius 1 is 1.24 bits per heavy atom. The molecular weight excluding hydrogens is 230 g/mol. The molecule has 0 unspecified atom stereocenters. The third-order valence-corrected chi connectivity index (χ3v) is 8.98. The fourth-order valence-electron chi connectivity index (χ4n) is 2.23. The molecule has 0 aliphatic rings. The molecule has 0 aromatic carbocycles. The Morgan fingerprint density at radius 3 is 2.24 bits per heavy atom. The van der Waals surface area contributed by atoms with Gasteiger partial charge in [-0.1, -0.05) is 45.5 Å². The first-order valence-electron chi connectivity index (χ1n) is 6.43. The Bertz CT molecular complexity index is 361. The van der Waals surface area contributed by atoms with Gasteiger partial charge in [0.1, 0.15) is 13.4 Å². The highest BCUT2D eigenvalue weighted by Gasteiger charge is 2.36. The minimum atomic E-state index is -1.55.